The van der Waals surface area contributed by atoms with Crippen molar-refractivity contribution in [2.45, 2.75) is 5.88 Å². The summed E-state index contributed by atoms with van der Waals surface area (Å²) in [7, 11) is 1.25. The summed E-state index contributed by atoms with van der Waals surface area (Å²) in [6.45, 7) is 0. The predicted molar refractivity (Wildman–Crippen MR) is 52.7 cm³/mol. The maximum absolute atomic E-state index is 11.0. The van der Waals surface area contributed by atoms with Gasteiger partial charge in [0.2, 0.25) is 0 Å². The van der Waals surface area contributed by atoms with Crippen LogP contribution in [-0.4, -0.2) is 18.8 Å². The number of nitrogens with one attached hydrogen (secondary N) is 1. The van der Waals surface area contributed by atoms with Crippen LogP contribution in [-0.2, 0) is 15.4 Å². The summed E-state index contributed by atoms with van der Waals surface area (Å²) in [5.41, 5.74) is 0.662. The molecule has 0 atom stereocenters. The maximum Gasteiger partial charge on any atom is 0.357 e. The minimum absolute atomic E-state index is 0.131. The van der Waals surface area contributed by atoms with Crippen molar-refractivity contribution in [3.8, 4) is 0 Å². The third-order valence-corrected chi connectivity index (χ3v) is 2.77. The van der Waals surface area contributed by atoms with Gasteiger partial charge in [-0.05, 0) is 17.0 Å². The van der Waals surface area contributed by atoms with E-state index in [9.17, 15) is 4.79 Å². The molecule has 1 N–H and O–H groups in total. The lowest BCUT2D eigenvalue weighted by molar-refractivity contribution is -0.132. The van der Waals surface area contributed by atoms with Crippen LogP contribution < -0.4 is 0 Å². The Bertz CT molecular complexity index is 335. The maximum atomic E-state index is 11.0. The summed E-state index contributed by atoms with van der Waals surface area (Å²) in [6, 6.07) is 1.80. The molecule has 13 heavy (non-hydrogen) atoms. The number of hydrogen-bond acceptors (Lipinski definition) is 4. The molecule has 70 valence electrons. The van der Waals surface area contributed by atoms with Gasteiger partial charge in [0.25, 0.3) is 0 Å². The second-order valence-electron chi connectivity index (χ2n) is 2.28. The number of alkyl halides is 1. The van der Waals surface area contributed by atoms with Crippen LogP contribution in [0.2, 0.25) is 0 Å². The van der Waals surface area contributed by atoms with E-state index in [2.05, 4.69) is 4.74 Å². The number of hydrogen-bond donors (Lipinski definition) is 1. The first-order valence-electron chi connectivity index (χ1n) is 3.50. The first-order valence-corrected chi connectivity index (χ1v) is 4.91. The third-order valence-electron chi connectivity index (χ3n) is 1.51. The molecule has 0 aliphatic heterocycles. The van der Waals surface area contributed by atoms with Crippen LogP contribution in [0.15, 0.2) is 11.4 Å². The number of carbonyl (C=O) groups is 1. The number of halogens is 1. The van der Waals surface area contributed by atoms with Crippen molar-refractivity contribution in [1.29, 1.82) is 5.41 Å². The molecule has 1 rings (SSSR count). The van der Waals surface area contributed by atoms with E-state index < -0.39 is 5.97 Å². The van der Waals surface area contributed by atoms with Gasteiger partial charge in [-0.3, -0.25) is 5.41 Å². The Balaban J connectivity index is 2.94. The summed E-state index contributed by atoms with van der Waals surface area (Å²) in [6.07, 6.45) is 0. The van der Waals surface area contributed by atoms with Gasteiger partial charge in [-0.1, -0.05) is 0 Å². The largest absolute Gasteiger partial charge is 0.464 e. The number of esters is 1. The summed E-state index contributed by atoms with van der Waals surface area (Å²) in [5, 5.41) is 9.27. The second kappa shape index (κ2) is 4.39. The Morgan fingerprint density at radius 3 is 3.00 bits per heavy atom. The molecule has 0 fully saturated rings. The van der Waals surface area contributed by atoms with Crippen molar-refractivity contribution in [1.82, 2.24) is 0 Å². The van der Waals surface area contributed by atoms with Crippen molar-refractivity contribution in [2.24, 2.45) is 0 Å². The van der Waals surface area contributed by atoms with Gasteiger partial charge in [-0.2, -0.15) is 0 Å². The normalized spacial score (nSPS) is 9.69. The highest BCUT2D eigenvalue weighted by Gasteiger charge is 2.16. The summed E-state index contributed by atoms with van der Waals surface area (Å²) < 4.78 is 4.44. The van der Waals surface area contributed by atoms with Gasteiger partial charge in [0.1, 0.15) is 0 Å². The average Bonchev–Trinajstić information content (AvgIpc) is 2.62. The van der Waals surface area contributed by atoms with Crippen LogP contribution in [0.25, 0.3) is 0 Å². The van der Waals surface area contributed by atoms with Crippen LogP contribution in [0.4, 0.5) is 0 Å². The van der Waals surface area contributed by atoms with Crippen molar-refractivity contribution in [3.63, 3.8) is 0 Å². The van der Waals surface area contributed by atoms with E-state index in [0.717, 1.165) is 5.56 Å². The molecule has 0 radical (unpaired) electrons. The van der Waals surface area contributed by atoms with E-state index >= 15 is 0 Å². The molecule has 0 unspecified atom stereocenters. The Kier molecular flexibility index (Phi) is 3.45. The number of methoxy groups -OCH3 is 1. The molecule has 1 aromatic heterocycles. The zero-order valence-electron chi connectivity index (χ0n) is 6.96. The first-order chi connectivity index (χ1) is 6.20. The van der Waals surface area contributed by atoms with Gasteiger partial charge >= 0.3 is 5.97 Å². The molecule has 0 saturated heterocycles. The van der Waals surface area contributed by atoms with E-state index in [-0.39, 0.29) is 5.71 Å². The molecule has 0 spiro atoms. The quantitative estimate of drug-likeness (QED) is 0.479. The minimum Gasteiger partial charge on any atom is -0.464 e. The third kappa shape index (κ3) is 2.08. The van der Waals surface area contributed by atoms with Gasteiger partial charge in [0.05, 0.1) is 12.0 Å². The molecule has 0 aliphatic carbocycles. The van der Waals surface area contributed by atoms with Gasteiger partial charge < -0.3 is 4.74 Å². The molecule has 0 aromatic carbocycles. The summed E-state index contributed by atoms with van der Waals surface area (Å²) in [5.74, 6) is -0.327. The fourth-order valence-corrected chi connectivity index (χ4v) is 2.02. The molecule has 0 saturated carbocycles. The highest BCUT2D eigenvalue weighted by Crippen LogP contribution is 2.19. The van der Waals surface area contributed by atoms with E-state index in [1.165, 1.54) is 18.4 Å². The van der Waals surface area contributed by atoms with E-state index in [4.69, 9.17) is 17.0 Å². The number of rotatable bonds is 3. The fourth-order valence-electron chi connectivity index (χ4n) is 0.855. The van der Waals surface area contributed by atoms with E-state index in [1.807, 2.05) is 0 Å². The Labute approximate surface area is 84.8 Å². The topological polar surface area (TPSA) is 50.2 Å². The lowest BCUT2D eigenvalue weighted by Gasteiger charge is -2.00. The van der Waals surface area contributed by atoms with Crippen LogP contribution >= 0.6 is 22.9 Å². The van der Waals surface area contributed by atoms with Gasteiger partial charge in [0.15, 0.2) is 5.71 Å². The van der Waals surface area contributed by atoms with Crippen LogP contribution in [0.3, 0.4) is 0 Å². The Hall–Kier alpha value is -0.870. The fraction of sp³-hybridized carbons (Fsp3) is 0.250. The molecule has 0 amide bonds. The highest BCUT2D eigenvalue weighted by molar-refractivity contribution is 7.13. The van der Waals surface area contributed by atoms with Crippen molar-refractivity contribution < 1.29 is 9.53 Å². The van der Waals surface area contributed by atoms with Crippen molar-refractivity contribution >= 4 is 34.6 Å². The monoisotopic (exact) mass is 217 g/mol. The highest BCUT2D eigenvalue weighted by atomic mass is 35.5. The molecular weight excluding hydrogens is 210 g/mol. The molecule has 5 heteroatoms. The molecule has 0 aliphatic rings. The number of thiophene rings is 1. The Morgan fingerprint density at radius 1 is 1.77 bits per heavy atom. The van der Waals surface area contributed by atoms with Crippen LogP contribution in [0.5, 0.6) is 0 Å². The molecule has 1 aromatic rings. The minimum atomic E-state index is -0.631. The number of ether oxygens (including phenoxy) is 1. The van der Waals surface area contributed by atoms with E-state index in [0.29, 0.717) is 10.8 Å². The van der Waals surface area contributed by atoms with Gasteiger partial charge in [-0.15, -0.1) is 22.9 Å². The first kappa shape index (κ1) is 10.2. The van der Waals surface area contributed by atoms with Crippen LogP contribution in [0.1, 0.15) is 10.4 Å². The molecule has 3 nitrogen and oxygen atoms in total. The second-order valence-corrected chi connectivity index (χ2v) is 3.46. The standard InChI is InChI=1S/C8H8ClNO2S/c1-12-8(11)6(10)7-5(4-9)2-3-13-7/h2-3,10H,4H2,1H3. The van der Waals surface area contributed by atoms with Gasteiger partial charge in [-0.25, -0.2) is 4.79 Å². The smallest absolute Gasteiger partial charge is 0.357 e. The van der Waals surface area contributed by atoms with Gasteiger partial charge in [0, 0.05) is 5.88 Å². The number of carbonyl (C=O) groups excluding carboxylic acids is 1. The lowest BCUT2D eigenvalue weighted by Crippen LogP contribution is -2.15. The zero-order chi connectivity index (χ0) is 9.84. The molecular formula is C8H8ClNO2S. The molecule has 1 heterocycles. The lowest BCUT2D eigenvalue weighted by atomic mass is 10.2. The van der Waals surface area contributed by atoms with E-state index in [1.54, 1.807) is 11.4 Å². The summed E-state index contributed by atoms with van der Waals surface area (Å²) >= 11 is 6.94. The summed E-state index contributed by atoms with van der Waals surface area (Å²) in [4.78, 5) is 11.6. The zero-order valence-corrected chi connectivity index (χ0v) is 8.54. The van der Waals surface area contributed by atoms with Crippen LogP contribution in [0, 0.1) is 5.41 Å². The average molecular weight is 218 g/mol. The molecule has 0 bridgehead atoms. The Morgan fingerprint density at radius 2 is 2.46 bits per heavy atom. The van der Waals surface area contributed by atoms with Crippen molar-refractivity contribution in [2.75, 3.05) is 7.11 Å². The predicted octanol–water partition coefficient (Wildman–Crippen LogP) is 2.03. The SMILES string of the molecule is COC(=O)C(=N)c1sccc1CCl. The van der Waals surface area contributed by atoms with Crippen molar-refractivity contribution in [3.05, 3.63) is 21.9 Å².